The first kappa shape index (κ1) is 14.2. The van der Waals surface area contributed by atoms with Gasteiger partial charge in [-0.2, -0.15) is 0 Å². The smallest absolute Gasteiger partial charge is 0.265 e. The lowest BCUT2D eigenvalue weighted by molar-refractivity contribution is 0.103. The van der Waals surface area contributed by atoms with Gasteiger partial charge in [-0.3, -0.25) is 4.79 Å². The summed E-state index contributed by atoms with van der Waals surface area (Å²) in [5.41, 5.74) is 0.502. The molecule has 0 radical (unpaired) electrons. The molecule has 0 aliphatic heterocycles. The minimum atomic E-state index is -3.71. The van der Waals surface area contributed by atoms with Crippen LogP contribution < -0.4 is 10.5 Å². The fourth-order valence-corrected chi connectivity index (χ4v) is 3.15. The maximum Gasteiger partial charge on any atom is 0.265 e. The van der Waals surface area contributed by atoms with E-state index < -0.39 is 10.0 Å². The molecule has 1 heterocycles. The van der Waals surface area contributed by atoms with E-state index in [1.165, 1.54) is 35.6 Å². The Morgan fingerprint density at radius 2 is 1.79 bits per heavy atom. The lowest BCUT2D eigenvalue weighted by Gasteiger charge is -2.04. The number of nitrogens with one attached hydrogen (secondary N) is 1. The average Bonchev–Trinajstić information content (AvgIpc) is 2.75. The zero-order chi connectivity index (χ0) is 14.0. The molecular weight excluding hydrogens is 352 g/mol. The van der Waals surface area contributed by atoms with E-state index in [2.05, 4.69) is 21.2 Å². The highest BCUT2D eigenvalue weighted by molar-refractivity contribution is 9.11. The summed E-state index contributed by atoms with van der Waals surface area (Å²) in [5, 5.41) is 7.65. The van der Waals surface area contributed by atoms with Gasteiger partial charge >= 0.3 is 0 Å². The van der Waals surface area contributed by atoms with E-state index in [9.17, 15) is 13.2 Å². The Bertz CT molecular complexity index is 708. The number of carbonyl (C=O) groups excluding carboxylic acids is 1. The van der Waals surface area contributed by atoms with Crippen molar-refractivity contribution in [1.29, 1.82) is 0 Å². The quantitative estimate of drug-likeness (QED) is 0.880. The lowest BCUT2D eigenvalue weighted by Crippen LogP contribution is -2.13. The monoisotopic (exact) mass is 360 g/mol. The Morgan fingerprint density at radius 1 is 1.16 bits per heavy atom. The van der Waals surface area contributed by atoms with Crippen molar-refractivity contribution < 1.29 is 13.2 Å². The molecule has 19 heavy (non-hydrogen) atoms. The molecule has 1 amide bonds. The average molecular weight is 361 g/mol. The molecule has 0 aliphatic rings. The van der Waals surface area contributed by atoms with Gasteiger partial charge in [0.15, 0.2) is 0 Å². The normalized spacial score (nSPS) is 11.3. The molecule has 0 saturated heterocycles. The van der Waals surface area contributed by atoms with E-state index in [1.54, 1.807) is 12.1 Å². The van der Waals surface area contributed by atoms with E-state index in [-0.39, 0.29) is 10.8 Å². The van der Waals surface area contributed by atoms with Crippen LogP contribution in [0.1, 0.15) is 9.67 Å². The Morgan fingerprint density at radius 3 is 2.26 bits per heavy atom. The fraction of sp³-hybridized carbons (Fsp3) is 0. The molecule has 2 aromatic rings. The Kier molecular flexibility index (Phi) is 4.04. The van der Waals surface area contributed by atoms with Gasteiger partial charge in [-0.25, -0.2) is 13.6 Å². The minimum absolute atomic E-state index is 0.00404. The molecule has 0 spiro atoms. The first-order valence-corrected chi connectivity index (χ1v) is 8.21. The Hall–Kier alpha value is -1.22. The van der Waals surface area contributed by atoms with Gasteiger partial charge in [-0.05, 0) is 52.3 Å². The number of benzene rings is 1. The lowest BCUT2D eigenvalue weighted by atomic mass is 10.3. The SMILES string of the molecule is NS(=O)(=O)c1ccc(NC(=O)c2ccc(Br)s2)cc1. The summed E-state index contributed by atoms with van der Waals surface area (Å²) in [5.74, 6) is -0.251. The number of sulfonamides is 1. The van der Waals surface area contributed by atoms with Gasteiger partial charge in [0.1, 0.15) is 0 Å². The van der Waals surface area contributed by atoms with Gasteiger partial charge in [0.25, 0.3) is 5.91 Å². The summed E-state index contributed by atoms with van der Waals surface area (Å²) in [6.07, 6.45) is 0. The van der Waals surface area contributed by atoms with Crippen molar-refractivity contribution in [3.05, 3.63) is 45.1 Å². The highest BCUT2D eigenvalue weighted by atomic mass is 79.9. The van der Waals surface area contributed by atoms with Crippen molar-refractivity contribution in [2.45, 2.75) is 4.90 Å². The van der Waals surface area contributed by atoms with Crippen LogP contribution in [-0.4, -0.2) is 14.3 Å². The van der Waals surface area contributed by atoms with Gasteiger partial charge in [0, 0.05) is 5.69 Å². The second-order valence-electron chi connectivity index (χ2n) is 3.63. The number of thiophene rings is 1. The van der Waals surface area contributed by atoms with Gasteiger partial charge in [0.05, 0.1) is 13.6 Å². The van der Waals surface area contributed by atoms with Crippen LogP contribution in [-0.2, 0) is 10.0 Å². The van der Waals surface area contributed by atoms with Gasteiger partial charge in [0.2, 0.25) is 10.0 Å². The summed E-state index contributed by atoms with van der Waals surface area (Å²) < 4.78 is 23.0. The molecule has 2 rings (SSSR count). The van der Waals surface area contributed by atoms with E-state index in [0.29, 0.717) is 10.6 Å². The van der Waals surface area contributed by atoms with Crippen molar-refractivity contribution in [3.63, 3.8) is 0 Å². The largest absolute Gasteiger partial charge is 0.321 e. The van der Waals surface area contributed by atoms with Crippen LogP contribution in [0, 0.1) is 0 Å². The molecule has 0 unspecified atom stereocenters. The zero-order valence-electron chi connectivity index (χ0n) is 9.46. The summed E-state index contributed by atoms with van der Waals surface area (Å²) in [7, 11) is -3.71. The third-order valence-corrected chi connectivity index (χ3v) is 4.79. The molecule has 0 bridgehead atoms. The van der Waals surface area contributed by atoms with Crippen LogP contribution in [0.25, 0.3) is 0 Å². The van der Waals surface area contributed by atoms with E-state index >= 15 is 0 Å². The number of anilines is 1. The summed E-state index contributed by atoms with van der Waals surface area (Å²) >= 11 is 4.59. The second-order valence-corrected chi connectivity index (χ2v) is 7.65. The van der Waals surface area contributed by atoms with Crippen LogP contribution >= 0.6 is 27.3 Å². The first-order chi connectivity index (χ1) is 8.86. The number of carbonyl (C=O) groups is 1. The molecule has 1 aromatic heterocycles. The predicted octanol–water partition coefficient (Wildman–Crippen LogP) is 2.41. The topological polar surface area (TPSA) is 89.3 Å². The number of nitrogens with two attached hydrogens (primary N) is 1. The fourth-order valence-electron chi connectivity index (χ4n) is 1.36. The Balaban J connectivity index is 2.14. The molecule has 3 N–H and O–H groups in total. The zero-order valence-corrected chi connectivity index (χ0v) is 12.7. The van der Waals surface area contributed by atoms with Crippen LogP contribution in [0.15, 0.2) is 45.1 Å². The third kappa shape index (κ3) is 3.63. The van der Waals surface area contributed by atoms with Crippen molar-refractivity contribution in [2.24, 2.45) is 5.14 Å². The molecule has 0 saturated carbocycles. The number of rotatable bonds is 3. The predicted molar refractivity (Wildman–Crippen MR) is 77.8 cm³/mol. The molecule has 8 heteroatoms. The number of amides is 1. The van der Waals surface area contributed by atoms with Crippen molar-refractivity contribution >= 4 is 48.9 Å². The number of hydrogen-bond donors (Lipinski definition) is 2. The molecule has 1 aromatic carbocycles. The number of hydrogen-bond acceptors (Lipinski definition) is 4. The third-order valence-electron chi connectivity index (χ3n) is 2.24. The highest BCUT2D eigenvalue weighted by Crippen LogP contribution is 2.23. The molecule has 0 fully saturated rings. The summed E-state index contributed by atoms with van der Waals surface area (Å²) in [4.78, 5) is 12.4. The van der Waals surface area contributed by atoms with Crippen LogP contribution in [0.3, 0.4) is 0 Å². The first-order valence-electron chi connectivity index (χ1n) is 5.06. The molecular formula is C11H9BrN2O3S2. The van der Waals surface area contributed by atoms with Crippen LogP contribution in [0.4, 0.5) is 5.69 Å². The molecule has 5 nitrogen and oxygen atoms in total. The maximum absolute atomic E-state index is 11.8. The summed E-state index contributed by atoms with van der Waals surface area (Å²) in [6.45, 7) is 0. The van der Waals surface area contributed by atoms with Gasteiger partial charge in [-0.1, -0.05) is 0 Å². The van der Waals surface area contributed by atoms with Crippen molar-refractivity contribution in [2.75, 3.05) is 5.32 Å². The van der Waals surface area contributed by atoms with Crippen molar-refractivity contribution in [1.82, 2.24) is 0 Å². The number of primary sulfonamides is 1. The van der Waals surface area contributed by atoms with Crippen LogP contribution in [0.2, 0.25) is 0 Å². The molecule has 100 valence electrons. The van der Waals surface area contributed by atoms with Crippen LogP contribution in [0.5, 0.6) is 0 Å². The van der Waals surface area contributed by atoms with Gasteiger partial charge < -0.3 is 5.32 Å². The Labute approximate surface area is 122 Å². The minimum Gasteiger partial charge on any atom is -0.321 e. The van der Waals surface area contributed by atoms with E-state index in [0.717, 1.165) is 3.79 Å². The highest BCUT2D eigenvalue weighted by Gasteiger charge is 2.10. The summed E-state index contributed by atoms with van der Waals surface area (Å²) in [6, 6.07) is 9.14. The van der Waals surface area contributed by atoms with E-state index in [4.69, 9.17) is 5.14 Å². The maximum atomic E-state index is 11.8. The molecule has 0 atom stereocenters. The van der Waals surface area contributed by atoms with E-state index in [1.807, 2.05) is 0 Å². The number of halogens is 1. The second kappa shape index (κ2) is 5.41. The standard InChI is InChI=1S/C11H9BrN2O3S2/c12-10-6-5-9(18-10)11(15)14-7-1-3-8(4-2-7)19(13,16)17/h1-6H,(H,14,15)(H2,13,16,17). The van der Waals surface area contributed by atoms with Gasteiger partial charge in [-0.15, -0.1) is 11.3 Å². The van der Waals surface area contributed by atoms with Crippen molar-refractivity contribution in [3.8, 4) is 0 Å². The molecule has 0 aliphatic carbocycles.